The summed E-state index contributed by atoms with van der Waals surface area (Å²) in [6.45, 7) is 12.6. The van der Waals surface area contributed by atoms with Gasteiger partial charge in [-0.2, -0.15) is 0 Å². The molecule has 0 aliphatic heterocycles. The summed E-state index contributed by atoms with van der Waals surface area (Å²) in [6.07, 6.45) is 1.13. The maximum atomic E-state index is 12.0. The quantitative estimate of drug-likeness (QED) is 0.491. The molecular formula is C27H34N2O3Si. The van der Waals surface area contributed by atoms with Crippen molar-refractivity contribution in [2.24, 2.45) is 0 Å². The van der Waals surface area contributed by atoms with Gasteiger partial charge in [0.05, 0.1) is 24.2 Å². The minimum Gasteiger partial charge on any atom is -0.444 e. The number of benzene rings is 2. The molecule has 1 amide bonds. The van der Waals surface area contributed by atoms with Crippen LogP contribution in [0.5, 0.6) is 0 Å². The Morgan fingerprint density at radius 2 is 1.39 bits per heavy atom. The number of carbonyl (C=O) groups is 1. The van der Waals surface area contributed by atoms with E-state index in [1.165, 1.54) is 10.4 Å². The number of amides is 1. The molecule has 0 atom stereocenters. The number of nitrogens with zero attached hydrogens (tertiary/aromatic N) is 1. The van der Waals surface area contributed by atoms with E-state index < -0.39 is 20.0 Å². The van der Waals surface area contributed by atoms with Crippen LogP contribution >= 0.6 is 0 Å². The number of anilines is 1. The Labute approximate surface area is 198 Å². The van der Waals surface area contributed by atoms with Gasteiger partial charge in [0, 0.05) is 0 Å². The summed E-state index contributed by atoms with van der Waals surface area (Å²) in [7, 11) is -2.63. The number of pyridine rings is 1. The summed E-state index contributed by atoms with van der Waals surface area (Å²) >= 11 is 0. The predicted octanol–water partition coefficient (Wildman–Crippen LogP) is 5.51. The van der Waals surface area contributed by atoms with Crippen molar-refractivity contribution in [2.75, 3.05) is 5.32 Å². The van der Waals surface area contributed by atoms with E-state index in [0.717, 1.165) is 5.69 Å². The van der Waals surface area contributed by atoms with Gasteiger partial charge in [0.25, 0.3) is 8.32 Å². The standard InChI is InChI=1S/C27H34N2O3Si/c1-26(2,3)32-25(30)29-21-17-18-22(28-19-21)20-31-33(27(4,5)6,23-13-9-7-10-14-23)24-15-11-8-12-16-24/h7-19H,20H2,1-6H3,(H,29,30). The first kappa shape index (κ1) is 24.7. The van der Waals surface area contributed by atoms with E-state index in [2.05, 4.69) is 79.6 Å². The molecule has 0 aliphatic carbocycles. The second-order valence-electron chi connectivity index (χ2n) is 10.1. The van der Waals surface area contributed by atoms with Crippen LogP contribution in [0.4, 0.5) is 10.5 Å². The third-order valence-electron chi connectivity index (χ3n) is 5.32. The molecule has 1 N–H and O–H groups in total. The zero-order valence-corrected chi connectivity index (χ0v) is 21.4. The van der Waals surface area contributed by atoms with Crippen LogP contribution in [0.25, 0.3) is 0 Å². The lowest BCUT2D eigenvalue weighted by Gasteiger charge is -2.43. The van der Waals surface area contributed by atoms with Crippen molar-refractivity contribution in [3.05, 3.63) is 84.7 Å². The highest BCUT2D eigenvalue weighted by Crippen LogP contribution is 2.37. The molecule has 0 fully saturated rings. The highest BCUT2D eigenvalue weighted by atomic mass is 28.4. The summed E-state index contributed by atoms with van der Waals surface area (Å²) in [5, 5.41) is 5.07. The topological polar surface area (TPSA) is 60.5 Å². The van der Waals surface area contributed by atoms with Crippen LogP contribution in [0.15, 0.2) is 79.0 Å². The fourth-order valence-electron chi connectivity index (χ4n) is 3.95. The van der Waals surface area contributed by atoms with Gasteiger partial charge in [-0.1, -0.05) is 81.4 Å². The number of rotatable bonds is 6. The average molecular weight is 463 g/mol. The summed E-state index contributed by atoms with van der Waals surface area (Å²) in [4.78, 5) is 16.5. The molecule has 0 aliphatic rings. The molecule has 3 rings (SSSR count). The van der Waals surface area contributed by atoms with E-state index in [9.17, 15) is 4.79 Å². The third-order valence-corrected chi connectivity index (χ3v) is 10.3. The molecule has 0 radical (unpaired) electrons. The van der Waals surface area contributed by atoms with Gasteiger partial charge in [-0.3, -0.25) is 10.3 Å². The van der Waals surface area contributed by atoms with Gasteiger partial charge in [-0.05, 0) is 48.3 Å². The molecule has 6 heteroatoms. The number of hydrogen-bond acceptors (Lipinski definition) is 4. The fourth-order valence-corrected chi connectivity index (χ4v) is 8.47. The van der Waals surface area contributed by atoms with Crippen molar-refractivity contribution in [3.8, 4) is 0 Å². The first-order chi connectivity index (χ1) is 15.5. The molecule has 0 saturated heterocycles. The van der Waals surface area contributed by atoms with E-state index in [4.69, 9.17) is 9.16 Å². The number of hydrogen-bond donors (Lipinski definition) is 1. The van der Waals surface area contributed by atoms with E-state index >= 15 is 0 Å². The van der Waals surface area contributed by atoms with Gasteiger partial charge in [0.15, 0.2) is 0 Å². The van der Waals surface area contributed by atoms with Crippen LogP contribution in [0, 0.1) is 0 Å². The lowest BCUT2D eigenvalue weighted by atomic mass is 10.2. The Balaban J connectivity index is 1.86. The van der Waals surface area contributed by atoms with Crippen LogP contribution in [-0.4, -0.2) is 25.0 Å². The highest BCUT2D eigenvalue weighted by Gasteiger charge is 2.50. The molecule has 3 aromatic rings. The Bertz CT molecular complexity index is 1000. The smallest absolute Gasteiger partial charge is 0.412 e. The molecule has 0 bridgehead atoms. The minimum absolute atomic E-state index is 0.103. The second-order valence-corrected chi connectivity index (χ2v) is 14.4. The van der Waals surface area contributed by atoms with Gasteiger partial charge in [-0.25, -0.2) is 4.79 Å². The van der Waals surface area contributed by atoms with Crippen LogP contribution in [0.3, 0.4) is 0 Å². The highest BCUT2D eigenvalue weighted by molar-refractivity contribution is 6.99. The maximum Gasteiger partial charge on any atom is 0.412 e. The Morgan fingerprint density at radius 1 is 0.848 bits per heavy atom. The normalized spacial score (nSPS) is 12.3. The number of ether oxygens (including phenoxy) is 1. The third kappa shape index (κ3) is 6.09. The lowest BCUT2D eigenvalue weighted by Crippen LogP contribution is -2.66. The van der Waals surface area contributed by atoms with Crippen molar-refractivity contribution >= 4 is 30.5 Å². The summed E-state index contributed by atoms with van der Waals surface area (Å²) in [5.41, 5.74) is 0.831. The van der Waals surface area contributed by atoms with Gasteiger partial charge in [-0.15, -0.1) is 0 Å². The summed E-state index contributed by atoms with van der Waals surface area (Å²) in [6, 6.07) is 24.8. The predicted molar refractivity (Wildman–Crippen MR) is 137 cm³/mol. The molecule has 5 nitrogen and oxygen atoms in total. The molecule has 0 unspecified atom stereocenters. The zero-order chi connectivity index (χ0) is 24.1. The second kappa shape index (κ2) is 9.89. The first-order valence-corrected chi connectivity index (χ1v) is 13.1. The van der Waals surface area contributed by atoms with Crippen molar-refractivity contribution in [1.29, 1.82) is 0 Å². The monoisotopic (exact) mass is 462 g/mol. The van der Waals surface area contributed by atoms with Crippen LogP contribution in [-0.2, 0) is 15.8 Å². The molecule has 1 aromatic heterocycles. The van der Waals surface area contributed by atoms with E-state index in [-0.39, 0.29) is 5.04 Å². The summed E-state index contributed by atoms with van der Waals surface area (Å²) < 4.78 is 12.2. The molecule has 2 aromatic carbocycles. The fraction of sp³-hybridized carbons (Fsp3) is 0.333. The van der Waals surface area contributed by atoms with Gasteiger partial charge in [0.1, 0.15) is 5.60 Å². The van der Waals surface area contributed by atoms with E-state index in [0.29, 0.717) is 12.3 Å². The molecule has 174 valence electrons. The van der Waals surface area contributed by atoms with Crippen LogP contribution in [0.2, 0.25) is 5.04 Å². The zero-order valence-electron chi connectivity index (χ0n) is 20.4. The van der Waals surface area contributed by atoms with Crippen molar-refractivity contribution in [1.82, 2.24) is 4.98 Å². The average Bonchev–Trinajstić information content (AvgIpc) is 2.74. The number of aromatic nitrogens is 1. The Kier molecular flexibility index (Phi) is 7.40. The molecule has 0 saturated carbocycles. The van der Waals surface area contributed by atoms with Gasteiger partial charge >= 0.3 is 6.09 Å². The van der Waals surface area contributed by atoms with Crippen molar-refractivity contribution in [2.45, 2.75) is 58.8 Å². The molecule has 33 heavy (non-hydrogen) atoms. The van der Waals surface area contributed by atoms with E-state index in [1.807, 2.05) is 45.0 Å². The van der Waals surface area contributed by atoms with Crippen molar-refractivity contribution in [3.63, 3.8) is 0 Å². The summed E-state index contributed by atoms with van der Waals surface area (Å²) in [5.74, 6) is 0. The largest absolute Gasteiger partial charge is 0.444 e. The van der Waals surface area contributed by atoms with Crippen LogP contribution in [0.1, 0.15) is 47.2 Å². The molecule has 1 heterocycles. The first-order valence-electron chi connectivity index (χ1n) is 11.2. The number of nitrogens with one attached hydrogen (secondary N) is 1. The molecule has 0 spiro atoms. The van der Waals surface area contributed by atoms with E-state index in [1.54, 1.807) is 6.20 Å². The Morgan fingerprint density at radius 3 is 1.82 bits per heavy atom. The van der Waals surface area contributed by atoms with Crippen LogP contribution < -0.4 is 15.7 Å². The SMILES string of the molecule is CC(C)(C)OC(=O)Nc1ccc(CO[Si](c2ccccc2)(c2ccccc2)C(C)(C)C)nc1. The Hall–Kier alpha value is -2.96. The van der Waals surface area contributed by atoms with Crippen molar-refractivity contribution < 1.29 is 14.0 Å². The van der Waals surface area contributed by atoms with Gasteiger partial charge < -0.3 is 9.16 Å². The number of carbonyl (C=O) groups excluding carboxylic acids is 1. The molecular weight excluding hydrogens is 428 g/mol. The maximum absolute atomic E-state index is 12.0. The van der Waals surface area contributed by atoms with Gasteiger partial charge in [0.2, 0.25) is 0 Å². The lowest BCUT2D eigenvalue weighted by molar-refractivity contribution is 0.0636. The minimum atomic E-state index is -2.63.